The summed E-state index contributed by atoms with van der Waals surface area (Å²) in [5.41, 5.74) is 2.31. The van der Waals surface area contributed by atoms with Gasteiger partial charge in [0.1, 0.15) is 0 Å². The van der Waals surface area contributed by atoms with E-state index in [9.17, 15) is 4.79 Å². The van der Waals surface area contributed by atoms with Crippen LogP contribution in [0.1, 0.15) is 36.4 Å². The SMILES string of the molecule is O=C(CN1CCCNCC1)C1CCCc2cccnc21. The molecule has 0 saturated carbocycles. The quantitative estimate of drug-likeness (QED) is 0.903. The molecule has 4 heteroatoms. The number of ketones is 1. The van der Waals surface area contributed by atoms with Crippen molar-refractivity contribution in [1.82, 2.24) is 15.2 Å². The maximum atomic E-state index is 12.6. The molecule has 1 aromatic rings. The van der Waals surface area contributed by atoms with Gasteiger partial charge in [-0.2, -0.15) is 0 Å². The predicted molar refractivity (Wildman–Crippen MR) is 78.8 cm³/mol. The zero-order chi connectivity index (χ0) is 13.8. The zero-order valence-corrected chi connectivity index (χ0v) is 12.0. The highest BCUT2D eigenvalue weighted by atomic mass is 16.1. The van der Waals surface area contributed by atoms with Crippen LogP contribution < -0.4 is 5.32 Å². The van der Waals surface area contributed by atoms with E-state index in [1.807, 2.05) is 12.3 Å². The van der Waals surface area contributed by atoms with Crippen molar-refractivity contribution in [2.45, 2.75) is 31.6 Å². The Morgan fingerprint density at radius 2 is 2.30 bits per heavy atom. The Balaban J connectivity index is 1.68. The Hall–Kier alpha value is -1.26. The molecule has 2 aliphatic rings. The molecule has 1 aliphatic heterocycles. The molecule has 0 spiro atoms. The molecule has 1 aromatic heterocycles. The normalized spacial score (nSPS) is 23.9. The van der Waals surface area contributed by atoms with Gasteiger partial charge in [-0.25, -0.2) is 0 Å². The van der Waals surface area contributed by atoms with Crippen molar-refractivity contribution in [2.24, 2.45) is 0 Å². The van der Waals surface area contributed by atoms with Crippen LogP contribution in [0.4, 0.5) is 0 Å². The standard InChI is InChI=1S/C16H23N3O/c20-15(12-19-10-3-7-17-9-11-19)14-6-1-4-13-5-2-8-18-16(13)14/h2,5,8,14,17H,1,3-4,6-7,9-12H2. The van der Waals surface area contributed by atoms with Crippen molar-refractivity contribution < 1.29 is 4.79 Å². The lowest BCUT2D eigenvalue weighted by molar-refractivity contribution is -0.122. The topological polar surface area (TPSA) is 45.2 Å². The fourth-order valence-electron chi connectivity index (χ4n) is 3.31. The highest BCUT2D eigenvalue weighted by Crippen LogP contribution is 2.30. The second-order valence-corrected chi connectivity index (χ2v) is 5.84. The van der Waals surface area contributed by atoms with Gasteiger partial charge in [0.25, 0.3) is 0 Å². The van der Waals surface area contributed by atoms with Gasteiger partial charge < -0.3 is 5.32 Å². The number of hydrogen-bond acceptors (Lipinski definition) is 4. The molecule has 2 heterocycles. The number of fused-ring (bicyclic) bond motifs is 1. The van der Waals surface area contributed by atoms with E-state index in [1.165, 1.54) is 5.56 Å². The minimum Gasteiger partial charge on any atom is -0.315 e. The minimum absolute atomic E-state index is 0.0242. The molecule has 1 N–H and O–H groups in total. The molecule has 1 unspecified atom stereocenters. The Kier molecular flexibility index (Phi) is 4.43. The maximum absolute atomic E-state index is 12.6. The number of carbonyl (C=O) groups is 1. The van der Waals surface area contributed by atoms with Crippen LogP contribution in [0.25, 0.3) is 0 Å². The van der Waals surface area contributed by atoms with Gasteiger partial charge in [0, 0.05) is 19.3 Å². The molecule has 3 rings (SSSR count). The Labute approximate surface area is 120 Å². The van der Waals surface area contributed by atoms with E-state index in [-0.39, 0.29) is 5.92 Å². The van der Waals surface area contributed by atoms with Gasteiger partial charge in [-0.3, -0.25) is 14.7 Å². The van der Waals surface area contributed by atoms with Crippen molar-refractivity contribution in [3.63, 3.8) is 0 Å². The van der Waals surface area contributed by atoms with Gasteiger partial charge in [-0.05, 0) is 50.4 Å². The average Bonchev–Trinajstić information content (AvgIpc) is 2.75. The number of Topliss-reactive ketones (excluding diaryl/α,β-unsaturated/α-hetero) is 1. The molecule has 0 amide bonds. The van der Waals surface area contributed by atoms with Crippen molar-refractivity contribution in [1.29, 1.82) is 0 Å². The first-order valence-corrected chi connectivity index (χ1v) is 7.74. The van der Waals surface area contributed by atoms with Gasteiger partial charge in [0.2, 0.25) is 0 Å². The molecule has 1 fully saturated rings. The molecule has 1 aliphatic carbocycles. The van der Waals surface area contributed by atoms with Crippen LogP contribution in [0.3, 0.4) is 0 Å². The summed E-state index contributed by atoms with van der Waals surface area (Å²) in [6, 6.07) is 4.10. The number of aryl methyl sites for hydroxylation is 1. The summed E-state index contributed by atoms with van der Waals surface area (Å²) in [5.74, 6) is 0.378. The van der Waals surface area contributed by atoms with Crippen LogP contribution in [0, 0.1) is 0 Å². The number of nitrogens with one attached hydrogen (secondary N) is 1. The van der Waals surface area contributed by atoms with Gasteiger partial charge in [-0.15, -0.1) is 0 Å². The first kappa shape index (κ1) is 13.7. The number of pyridine rings is 1. The van der Waals surface area contributed by atoms with Gasteiger partial charge >= 0.3 is 0 Å². The molecule has 4 nitrogen and oxygen atoms in total. The molecule has 0 aromatic carbocycles. The third kappa shape index (κ3) is 3.07. The molecule has 1 atom stereocenters. The number of nitrogens with zero attached hydrogens (tertiary/aromatic N) is 2. The molecular weight excluding hydrogens is 250 g/mol. The number of rotatable bonds is 3. The van der Waals surface area contributed by atoms with Crippen molar-refractivity contribution in [2.75, 3.05) is 32.7 Å². The summed E-state index contributed by atoms with van der Waals surface area (Å²) in [6.45, 7) is 4.65. The van der Waals surface area contributed by atoms with Crippen LogP contribution >= 0.6 is 0 Å². The average molecular weight is 273 g/mol. The lowest BCUT2D eigenvalue weighted by Crippen LogP contribution is -2.36. The monoisotopic (exact) mass is 273 g/mol. The van der Waals surface area contributed by atoms with Gasteiger partial charge in [0.15, 0.2) is 5.78 Å². The van der Waals surface area contributed by atoms with Crippen LogP contribution in [0.15, 0.2) is 18.3 Å². The number of carbonyl (C=O) groups excluding carboxylic acids is 1. The third-order valence-electron chi connectivity index (χ3n) is 4.40. The Morgan fingerprint density at radius 1 is 1.35 bits per heavy atom. The fraction of sp³-hybridized carbons (Fsp3) is 0.625. The lowest BCUT2D eigenvalue weighted by atomic mass is 9.84. The second kappa shape index (κ2) is 6.46. The van der Waals surface area contributed by atoms with Crippen LogP contribution in [-0.4, -0.2) is 48.4 Å². The highest BCUT2D eigenvalue weighted by Gasteiger charge is 2.28. The summed E-state index contributed by atoms with van der Waals surface area (Å²) in [5, 5.41) is 3.38. The first-order valence-electron chi connectivity index (χ1n) is 7.74. The predicted octanol–water partition coefficient (Wildman–Crippen LogP) is 1.37. The summed E-state index contributed by atoms with van der Waals surface area (Å²) >= 11 is 0. The summed E-state index contributed by atoms with van der Waals surface area (Å²) < 4.78 is 0. The summed E-state index contributed by atoms with van der Waals surface area (Å²) in [7, 11) is 0. The van der Waals surface area contributed by atoms with E-state index < -0.39 is 0 Å². The molecule has 20 heavy (non-hydrogen) atoms. The minimum atomic E-state index is 0.0242. The smallest absolute Gasteiger partial charge is 0.155 e. The molecular formula is C16H23N3O. The fourth-order valence-corrected chi connectivity index (χ4v) is 3.31. The Bertz CT molecular complexity index is 467. The maximum Gasteiger partial charge on any atom is 0.155 e. The van der Waals surface area contributed by atoms with E-state index >= 15 is 0 Å². The van der Waals surface area contributed by atoms with E-state index in [0.29, 0.717) is 12.3 Å². The molecule has 0 bridgehead atoms. The van der Waals surface area contributed by atoms with Gasteiger partial charge in [0.05, 0.1) is 18.2 Å². The molecule has 1 saturated heterocycles. The van der Waals surface area contributed by atoms with E-state index in [1.54, 1.807) is 0 Å². The lowest BCUT2D eigenvalue weighted by Gasteiger charge is -2.26. The van der Waals surface area contributed by atoms with Crippen LogP contribution in [0.5, 0.6) is 0 Å². The molecule has 0 radical (unpaired) electrons. The largest absolute Gasteiger partial charge is 0.315 e. The van der Waals surface area contributed by atoms with Crippen LogP contribution in [-0.2, 0) is 11.2 Å². The van der Waals surface area contributed by atoms with Crippen molar-refractivity contribution >= 4 is 5.78 Å². The zero-order valence-electron chi connectivity index (χ0n) is 12.0. The Morgan fingerprint density at radius 3 is 3.25 bits per heavy atom. The summed E-state index contributed by atoms with van der Waals surface area (Å²) in [4.78, 5) is 19.4. The summed E-state index contributed by atoms with van der Waals surface area (Å²) in [6.07, 6.45) is 6.10. The first-order chi connectivity index (χ1) is 9.84. The van der Waals surface area contributed by atoms with Crippen LogP contribution in [0.2, 0.25) is 0 Å². The second-order valence-electron chi connectivity index (χ2n) is 5.84. The third-order valence-corrected chi connectivity index (χ3v) is 4.40. The number of hydrogen-bond donors (Lipinski definition) is 1. The number of aromatic nitrogens is 1. The molecule has 108 valence electrons. The van der Waals surface area contributed by atoms with Gasteiger partial charge in [-0.1, -0.05) is 6.07 Å². The van der Waals surface area contributed by atoms with E-state index in [4.69, 9.17) is 0 Å². The van der Waals surface area contributed by atoms with E-state index in [2.05, 4.69) is 21.3 Å². The highest BCUT2D eigenvalue weighted by molar-refractivity contribution is 5.87. The van der Waals surface area contributed by atoms with Crippen molar-refractivity contribution in [3.05, 3.63) is 29.6 Å². The van der Waals surface area contributed by atoms with Crippen molar-refractivity contribution in [3.8, 4) is 0 Å². The van der Waals surface area contributed by atoms with E-state index in [0.717, 1.165) is 57.6 Å².